The molecule has 120 valence electrons. The van der Waals surface area contributed by atoms with Gasteiger partial charge in [-0.1, -0.05) is 12.8 Å². The molecule has 2 saturated heterocycles. The van der Waals surface area contributed by atoms with Crippen molar-refractivity contribution in [3.8, 4) is 0 Å². The Morgan fingerprint density at radius 3 is 2.52 bits per heavy atom. The van der Waals surface area contributed by atoms with Gasteiger partial charge in [0.1, 0.15) is 0 Å². The molecule has 2 aliphatic heterocycles. The lowest BCUT2D eigenvalue weighted by Crippen LogP contribution is -2.42. The maximum Gasteiger partial charge on any atom is 0.0710 e. The van der Waals surface area contributed by atoms with Gasteiger partial charge in [0.25, 0.3) is 0 Å². The monoisotopic (exact) mass is 292 g/mol. The van der Waals surface area contributed by atoms with Crippen LogP contribution in [-0.4, -0.2) is 48.8 Å². The maximum atomic E-state index is 6.55. The minimum atomic E-state index is 0.312. The predicted molar refractivity (Wildman–Crippen MR) is 85.5 cm³/mol. The van der Waals surface area contributed by atoms with Gasteiger partial charge in [0.05, 0.1) is 11.7 Å². The Labute approximate surface area is 129 Å². The van der Waals surface area contributed by atoms with E-state index >= 15 is 0 Å². The van der Waals surface area contributed by atoms with Crippen molar-refractivity contribution in [2.24, 2.45) is 5.92 Å². The predicted octanol–water partition coefficient (Wildman–Crippen LogP) is 2.94. The fraction of sp³-hybridized carbons (Fsp3) is 1.00. The molecule has 0 amide bonds. The van der Waals surface area contributed by atoms with Crippen molar-refractivity contribution in [1.82, 2.24) is 10.2 Å². The second-order valence-electron chi connectivity index (χ2n) is 8.07. The topological polar surface area (TPSA) is 24.5 Å². The van der Waals surface area contributed by atoms with E-state index in [4.69, 9.17) is 4.74 Å². The third-order valence-electron chi connectivity index (χ3n) is 6.25. The fourth-order valence-corrected chi connectivity index (χ4v) is 4.90. The van der Waals surface area contributed by atoms with Crippen molar-refractivity contribution < 1.29 is 4.74 Å². The first-order valence-corrected chi connectivity index (χ1v) is 9.46. The minimum Gasteiger partial charge on any atom is -0.370 e. The number of hydrogen-bond donors (Lipinski definition) is 1. The highest BCUT2D eigenvalue weighted by Gasteiger charge is 2.43. The molecule has 4 aliphatic rings. The molecule has 0 aromatic carbocycles. The van der Waals surface area contributed by atoms with E-state index < -0.39 is 0 Å². The Morgan fingerprint density at radius 2 is 1.81 bits per heavy atom. The average Bonchev–Trinajstić information content (AvgIpc) is 3.15. The van der Waals surface area contributed by atoms with Crippen LogP contribution in [0.5, 0.6) is 0 Å². The highest BCUT2D eigenvalue weighted by molar-refractivity contribution is 4.95. The first-order chi connectivity index (χ1) is 10.3. The molecule has 21 heavy (non-hydrogen) atoms. The molecule has 2 saturated carbocycles. The van der Waals surface area contributed by atoms with Crippen LogP contribution >= 0.6 is 0 Å². The zero-order valence-electron chi connectivity index (χ0n) is 13.5. The molecular formula is C18H32N2O. The summed E-state index contributed by atoms with van der Waals surface area (Å²) in [7, 11) is 0. The Hall–Kier alpha value is -0.120. The van der Waals surface area contributed by atoms with Crippen molar-refractivity contribution in [3.63, 3.8) is 0 Å². The van der Waals surface area contributed by atoms with Crippen LogP contribution in [-0.2, 0) is 4.74 Å². The van der Waals surface area contributed by atoms with Crippen molar-refractivity contribution in [1.29, 1.82) is 0 Å². The molecule has 2 aliphatic carbocycles. The van der Waals surface area contributed by atoms with Crippen LogP contribution in [0.4, 0.5) is 0 Å². The lowest BCUT2D eigenvalue weighted by Gasteiger charge is -2.32. The molecule has 4 fully saturated rings. The zero-order valence-corrected chi connectivity index (χ0v) is 13.5. The molecule has 2 unspecified atom stereocenters. The van der Waals surface area contributed by atoms with E-state index in [1.165, 1.54) is 90.4 Å². The van der Waals surface area contributed by atoms with Gasteiger partial charge in [-0.15, -0.1) is 0 Å². The molecule has 2 atom stereocenters. The van der Waals surface area contributed by atoms with Gasteiger partial charge in [0.2, 0.25) is 0 Å². The summed E-state index contributed by atoms with van der Waals surface area (Å²) in [4.78, 5) is 2.79. The molecule has 0 aromatic rings. The lowest BCUT2D eigenvalue weighted by atomic mass is 9.97. The Bertz CT molecular complexity index is 343. The molecule has 0 aromatic heterocycles. The highest BCUT2D eigenvalue weighted by atomic mass is 16.5. The number of hydrogen-bond acceptors (Lipinski definition) is 3. The lowest BCUT2D eigenvalue weighted by molar-refractivity contribution is -0.0495. The van der Waals surface area contributed by atoms with Crippen molar-refractivity contribution in [2.45, 2.75) is 82.0 Å². The first kappa shape index (κ1) is 14.5. The standard InChI is InChI=1S/C18H32N2O/c1-2-9-18(8-1)10-7-17(21-18)14-20(16-5-6-16)13-15-4-3-11-19-12-15/h15-17,19H,1-14H2. The highest BCUT2D eigenvalue weighted by Crippen LogP contribution is 2.44. The van der Waals surface area contributed by atoms with Crippen LogP contribution in [0.3, 0.4) is 0 Å². The van der Waals surface area contributed by atoms with E-state index in [1.54, 1.807) is 0 Å². The molecule has 3 nitrogen and oxygen atoms in total. The largest absolute Gasteiger partial charge is 0.370 e. The normalized spacial score (nSPS) is 35.9. The van der Waals surface area contributed by atoms with Crippen LogP contribution in [0.15, 0.2) is 0 Å². The molecule has 0 radical (unpaired) electrons. The zero-order chi connectivity index (χ0) is 14.1. The van der Waals surface area contributed by atoms with Crippen molar-refractivity contribution in [2.75, 3.05) is 26.2 Å². The number of piperidine rings is 1. The first-order valence-electron chi connectivity index (χ1n) is 9.46. The van der Waals surface area contributed by atoms with Gasteiger partial charge in [-0.3, -0.25) is 4.90 Å². The van der Waals surface area contributed by atoms with E-state index in [2.05, 4.69) is 10.2 Å². The van der Waals surface area contributed by atoms with E-state index in [1.807, 2.05) is 0 Å². The summed E-state index contributed by atoms with van der Waals surface area (Å²) in [6.07, 6.45) is 14.3. The van der Waals surface area contributed by atoms with Crippen LogP contribution in [0.25, 0.3) is 0 Å². The number of ether oxygens (including phenoxy) is 1. The van der Waals surface area contributed by atoms with Gasteiger partial charge in [-0.25, -0.2) is 0 Å². The van der Waals surface area contributed by atoms with Crippen LogP contribution in [0, 0.1) is 5.92 Å². The van der Waals surface area contributed by atoms with Gasteiger partial charge in [-0.2, -0.15) is 0 Å². The molecule has 0 bridgehead atoms. The number of rotatable bonds is 5. The molecule has 1 N–H and O–H groups in total. The fourth-order valence-electron chi connectivity index (χ4n) is 4.90. The van der Waals surface area contributed by atoms with Crippen molar-refractivity contribution in [3.05, 3.63) is 0 Å². The second kappa shape index (κ2) is 6.17. The molecule has 2 heterocycles. The smallest absolute Gasteiger partial charge is 0.0710 e. The Balaban J connectivity index is 1.30. The van der Waals surface area contributed by atoms with Crippen LogP contribution in [0.2, 0.25) is 0 Å². The van der Waals surface area contributed by atoms with Crippen molar-refractivity contribution >= 4 is 0 Å². The van der Waals surface area contributed by atoms with E-state index in [9.17, 15) is 0 Å². The van der Waals surface area contributed by atoms with Gasteiger partial charge < -0.3 is 10.1 Å². The molecule has 4 rings (SSSR count). The average molecular weight is 292 g/mol. The summed E-state index contributed by atoms with van der Waals surface area (Å²) >= 11 is 0. The minimum absolute atomic E-state index is 0.312. The van der Waals surface area contributed by atoms with Crippen LogP contribution in [0.1, 0.15) is 64.2 Å². The van der Waals surface area contributed by atoms with E-state index in [0.717, 1.165) is 12.0 Å². The molecular weight excluding hydrogens is 260 g/mol. The Kier molecular flexibility index (Phi) is 4.25. The van der Waals surface area contributed by atoms with Gasteiger partial charge in [0, 0.05) is 19.1 Å². The summed E-state index contributed by atoms with van der Waals surface area (Å²) in [6.45, 7) is 4.99. The second-order valence-corrected chi connectivity index (χ2v) is 8.07. The summed E-state index contributed by atoms with van der Waals surface area (Å²) in [5.74, 6) is 0.876. The van der Waals surface area contributed by atoms with Gasteiger partial charge >= 0.3 is 0 Å². The van der Waals surface area contributed by atoms with Gasteiger partial charge in [-0.05, 0) is 70.4 Å². The third kappa shape index (κ3) is 3.46. The SMILES string of the molecule is C1CNCC(CN(CC2CCC3(CCCC3)O2)C2CC2)C1. The summed E-state index contributed by atoms with van der Waals surface area (Å²) < 4.78 is 6.55. The summed E-state index contributed by atoms with van der Waals surface area (Å²) in [5, 5.41) is 3.57. The molecule has 3 heteroatoms. The quantitative estimate of drug-likeness (QED) is 0.843. The third-order valence-corrected chi connectivity index (χ3v) is 6.25. The number of nitrogens with one attached hydrogen (secondary N) is 1. The summed E-state index contributed by atoms with van der Waals surface area (Å²) in [5.41, 5.74) is 0.312. The Morgan fingerprint density at radius 1 is 0.952 bits per heavy atom. The van der Waals surface area contributed by atoms with Gasteiger partial charge in [0.15, 0.2) is 0 Å². The summed E-state index contributed by atoms with van der Waals surface area (Å²) in [6, 6.07) is 0.885. The van der Waals surface area contributed by atoms with E-state index in [-0.39, 0.29) is 0 Å². The van der Waals surface area contributed by atoms with Crippen LogP contribution < -0.4 is 5.32 Å². The maximum absolute atomic E-state index is 6.55. The number of nitrogens with zero attached hydrogens (tertiary/aromatic N) is 1. The molecule has 1 spiro atoms. The van der Waals surface area contributed by atoms with E-state index in [0.29, 0.717) is 11.7 Å².